The molecule has 1 N–H and O–H groups in total. The molecule has 1 aromatic carbocycles. The number of rotatable bonds is 7. The fourth-order valence-electron chi connectivity index (χ4n) is 1.70. The topological polar surface area (TPSA) is 21.3 Å². The van der Waals surface area contributed by atoms with Gasteiger partial charge in [-0.15, -0.1) is 0 Å². The molecule has 2 nitrogen and oxygen atoms in total. The second-order valence-corrected chi connectivity index (χ2v) is 4.10. The Morgan fingerprint density at radius 1 is 1.33 bits per heavy atom. The van der Waals surface area contributed by atoms with Crippen LogP contribution in [0.1, 0.15) is 31.4 Å². The van der Waals surface area contributed by atoms with E-state index in [4.69, 9.17) is 0 Å². The van der Waals surface area contributed by atoms with Gasteiger partial charge in [0, 0.05) is 6.04 Å². The molecule has 1 unspecified atom stereocenters. The highest BCUT2D eigenvalue weighted by molar-refractivity contribution is 5.29. The molecule has 0 radical (unpaired) electrons. The minimum Gasteiger partial charge on any atom is -0.435 e. The molecule has 1 rings (SSSR count). The quantitative estimate of drug-likeness (QED) is 0.746. The van der Waals surface area contributed by atoms with Crippen molar-refractivity contribution in [1.29, 1.82) is 0 Å². The molecule has 0 aliphatic heterocycles. The third-order valence-electron chi connectivity index (χ3n) is 2.85. The highest BCUT2D eigenvalue weighted by Gasteiger charge is 2.11. The van der Waals surface area contributed by atoms with Crippen LogP contribution >= 0.6 is 0 Å². The third kappa shape index (κ3) is 4.45. The van der Waals surface area contributed by atoms with E-state index < -0.39 is 6.61 Å². The van der Waals surface area contributed by atoms with Crippen LogP contribution in [0.25, 0.3) is 0 Å². The Kier molecular flexibility index (Phi) is 5.78. The van der Waals surface area contributed by atoms with Gasteiger partial charge in [-0.3, -0.25) is 0 Å². The number of halogens is 2. The average molecular weight is 255 g/mol. The monoisotopic (exact) mass is 255 g/mol. The van der Waals surface area contributed by atoms with Crippen molar-refractivity contribution in [3.05, 3.63) is 42.0 Å². The van der Waals surface area contributed by atoms with Crippen LogP contribution < -0.4 is 10.1 Å². The Balaban J connectivity index is 2.72. The summed E-state index contributed by atoms with van der Waals surface area (Å²) in [6.07, 6.45) is 1.77. The highest BCUT2D eigenvalue weighted by Crippen LogP contribution is 2.24. The summed E-state index contributed by atoms with van der Waals surface area (Å²) in [5.74, 6) is 0.179. The summed E-state index contributed by atoms with van der Waals surface area (Å²) >= 11 is 0. The van der Waals surface area contributed by atoms with Gasteiger partial charge >= 0.3 is 6.61 Å². The van der Waals surface area contributed by atoms with Crippen molar-refractivity contribution < 1.29 is 13.5 Å². The maximum atomic E-state index is 12.0. The van der Waals surface area contributed by atoms with E-state index in [1.807, 2.05) is 7.05 Å². The molecule has 100 valence electrons. The summed E-state index contributed by atoms with van der Waals surface area (Å²) in [6, 6.07) is 6.85. The summed E-state index contributed by atoms with van der Waals surface area (Å²) in [5, 5.41) is 3.19. The van der Waals surface area contributed by atoms with E-state index in [9.17, 15) is 8.78 Å². The molecule has 0 saturated heterocycles. The first-order chi connectivity index (χ1) is 8.56. The van der Waals surface area contributed by atoms with Gasteiger partial charge in [-0.1, -0.05) is 31.2 Å². The number of alkyl halides is 2. The number of ether oxygens (including phenoxy) is 1. The first-order valence-corrected chi connectivity index (χ1v) is 5.95. The van der Waals surface area contributed by atoms with Crippen LogP contribution in [0.2, 0.25) is 0 Å². The van der Waals surface area contributed by atoms with Crippen molar-refractivity contribution in [2.24, 2.45) is 0 Å². The SMILES string of the molecule is C=C(CC)CC(NC)c1ccc(OC(F)F)cc1. The Hall–Kier alpha value is -1.42. The van der Waals surface area contributed by atoms with E-state index in [0.717, 1.165) is 24.0 Å². The summed E-state index contributed by atoms with van der Waals surface area (Å²) in [6.45, 7) is 3.26. The minimum absolute atomic E-state index is 0.151. The molecule has 0 amide bonds. The van der Waals surface area contributed by atoms with Crippen molar-refractivity contribution in [2.75, 3.05) is 7.05 Å². The largest absolute Gasteiger partial charge is 0.435 e. The standard InChI is InChI=1S/C14H19F2NO/c1-4-10(2)9-13(17-3)11-5-7-12(8-6-11)18-14(15)16/h5-8,13-14,17H,2,4,9H2,1,3H3. The van der Waals surface area contributed by atoms with Gasteiger partial charge in [0.2, 0.25) is 0 Å². The van der Waals surface area contributed by atoms with Crippen LogP contribution in [-0.4, -0.2) is 13.7 Å². The van der Waals surface area contributed by atoms with Crippen molar-refractivity contribution in [3.8, 4) is 5.75 Å². The van der Waals surface area contributed by atoms with Crippen molar-refractivity contribution >= 4 is 0 Å². The zero-order valence-electron chi connectivity index (χ0n) is 10.7. The number of nitrogens with one attached hydrogen (secondary N) is 1. The van der Waals surface area contributed by atoms with Gasteiger partial charge in [-0.25, -0.2) is 0 Å². The second kappa shape index (κ2) is 7.11. The molecule has 0 fully saturated rings. The Bertz CT molecular complexity index is 376. The van der Waals surface area contributed by atoms with E-state index in [-0.39, 0.29) is 11.8 Å². The average Bonchev–Trinajstić information content (AvgIpc) is 2.36. The number of hydrogen-bond acceptors (Lipinski definition) is 2. The van der Waals surface area contributed by atoms with Crippen LogP contribution in [0.3, 0.4) is 0 Å². The molecule has 18 heavy (non-hydrogen) atoms. The molecule has 0 aliphatic carbocycles. The fraction of sp³-hybridized carbons (Fsp3) is 0.429. The first kappa shape index (κ1) is 14.6. The Morgan fingerprint density at radius 2 is 1.94 bits per heavy atom. The fourth-order valence-corrected chi connectivity index (χ4v) is 1.70. The van der Waals surface area contributed by atoms with E-state index in [1.165, 1.54) is 0 Å². The molecule has 0 spiro atoms. The lowest BCUT2D eigenvalue weighted by molar-refractivity contribution is -0.0498. The van der Waals surface area contributed by atoms with Crippen LogP contribution in [-0.2, 0) is 0 Å². The zero-order valence-corrected chi connectivity index (χ0v) is 10.7. The van der Waals surface area contributed by atoms with Crippen LogP contribution in [0.15, 0.2) is 36.4 Å². The summed E-state index contributed by atoms with van der Waals surface area (Å²) in [4.78, 5) is 0. The van der Waals surface area contributed by atoms with E-state index in [2.05, 4.69) is 23.6 Å². The summed E-state index contributed by atoms with van der Waals surface area (Å²) < 4.78 is 28.3. The lowest BCUT2D eigenvalue weighted by Crippen LogP contribution is -2.16. The Morgan fingerprint density at radius 3 is 2.39 bits per heavy atom. The van der Waals surface area contributed by atoms with Gasteiger partial charge in [-0.2, -0.15) is 8.78 Å². The van der Waals surface area contributed by atoms with Gasteiger partial charge in [0.15, 0.2) is 0 Å². The van der Waals surface area contributed by atoms with Crippen molar-refractivity contribution in [2.45, 2.75) is 32.4 Å². The minimum atomic E-state index is -2.78. The Labute approximate surface area is 107 Å². The van der Waals surface area contributed by atoms with E-state index in [1.54, 1.807) is 24.3 Å². The predicted octanol–water partition coefficient (Wildman–Crippen LogP) is 3.90. The molecule has 0 heterocycles. The third-order valence-corrected chi connectivity index (χ3v) is 2.85. The van der Waals surface area contributed by atoms with Crippen LogP contribution in [0.5, 0.6) is 5.75 Å². The van der Waals surface area contributed by atoms with Gasteiger partial charge in [0.05, 0.1) is 0 Å². The molecule has 0 aliphatic rings. The number of hydrogen-bond donors (Lipinski definition) is 1. The second-order valence-electron chi connectivity index (χ2n) is 4.10. The van der Waals surface area contributed by atoms with Crippen LogP contribution in [0.4, 0.5) is 8.78 Å². The van der Waals surface area contributed by atoms with Crippen molar-refractivity contribution in [1.82, 2.24) is 5.32 Å². The molecule has 1 aromatic rings. The lowest BCUT2D eigenvalue weighted by atomic mass is 9.98. The van der Waals surface area contributed by atoms with Crippen molar-refractivity contribution in [3.63, 3.8) is 0 Å². The van der Waals surface area contributed by atoms with Crippen LogP contribution in [0, 0.1) is 0 Å². The molecule has 4 heteroatoms. The maximum absolute atomic E-state index is 12.0. The zero-order chi connectivity index (χ0) is 13.5. The molecule has 1 atom stereocenters. The van der Waals surface area contributed by atoms with Gasteiger partial charge in [-0.05, 0) is 37.6 Å². The molecule has 0 aromatic heterocycles. The summed E-state index contributed by atoms with van der Waals surface area (Å²) in [5.41, 5.74) is 2.19. The normalized spacial score (nSPS) is 12.5. The molecular formula is C14H19F2NO. The van der Waals surface area contributed by atoms with E-state index >= 15 is 0 Å². The van der Waals surface area contributed by atoms with Gasteiger partial charge in [0.25, 0.3) is 0 Å². The summed E-state index contributed by atoms with van der Waals surface area (Å²) in [7, 11) is 1.87. The molecular weight excluding hydrogens is 236 g/mol. The predicted molar refractivity (Wildman–Crippen MR) is 68.9 cm³/mol. The van der Waals surface area contributed by atoms with Gasteiger partial charge < -0.3 is 10.1 Å². The smallest absolute Gasteiger partial charge is 0.387 e. The molecule has 0 bridgehead atoms. The van der Waals surface area contributed by atoms with Gasteiger partial charge in [0.1, 0.15) is 5.75 Å². The highest BCUT2D eigenvalue weighted by atomic mass is 19.3. The van der Waals surface area contributed by atoms with E-state index in [0.29, 0.717) is 0 Å². The lowest BCUT2D eigenvalue weighted by Gasteiger charge is -2.18. The number of benzene rings is 1. The maximum Gasteiger partial charge on any atom is 0.387 e. The molecule has 0 saturated carbocycles. The first-order valence-electron chi connectivity index (χ1n) is 5.95.